The van der Waals surface area contributed by atoms with Crippen LogP contribution in [0.5, 0.6) is 0 Å². The topological polar surface area (TPSA) is 92.3 Å². The third-order valence-corrected chi connectivity index (χ3v) is 10.8. The molecule has 3 aromatic carbocycles. The Kier molecular flexibility index (Phi) is 15.7. The molecule has 1 aliphatic carbocycles. The highest BCUT2D eigenvalue weighted by Crippen LogP contribution is 2.47. The summed E-state index contributed by atoms with van der Waals surface area (Å²) in [6.45, 7) is 12.2. The molecule has 0 unspecified atom stereocenters. The quantitative estimate of drug-likeness (QED) is 0.101. The van der Waals surface area contributed by atoms with Gasteiger partial charge in [0.05, 0.1) is 12.1 Å². The lowest BCUT2D eigenvalue weighted by Crippen LogP contribution is -2.49. The Morgan fingerprint density at radius 1 is 0.679 bits per heavy atom. The van der Waals surface area contributed by atoms with Gasteiger partial charge in [-0.3, -0.25) is 19.2 Å². The van der Waals surface area contributed by atoms with Crippen molar-refractivity contribution >= 4 is 40.5 Å². The maximum atomic E-state index is 14.3. The normalized spacial score (nSPS) is 15.6. The number of nitrogens with one attached hydrogen (secondary N) is 2. The number of hydrogen-bond acceptors (Lipinski definition) is 5. The van der Waals surface area contributed by atoms with Crippen molar-refractivity contribution in [1.29, 1.82) is 0 Å². The van der Waals surface area contributed by atoms with Crippen LogP contribution in [0.4, 0.5) is 0 Å². The Morgan fingerprint density at radius 2 is 1.21 bits per heavy atom. The number of amides is 2. The summed E-state index contributed by atoms with van der Waals surface area (Å²) in [4.78, 5) is 56.9. The van der Waals surface area contributed by atoms with E-state index < -0.39 is 23.9 Å². The molecule has 2 N–H and O–H groups in total. The summed E-state index contributed by atoms with van der Waals surface area (Å²) in [7, 11) is 0. The maximum Gasteiger partial charge on any atom is 0.224 e. The number of aryl methyl sites for hydroxylation is 2. The molecule has 0 aliphatic heterocycles. The standard InChI is InChI=1S/C46H60N2O4S/c1-31(2)25-40(47-44(51)37(22-21-34-13-9-7-10-14-34)29-39(53)28-36-19-17-33(5)18-20-36)42(49)30-38(27-35-15-11-8-12-16-35)45(52)48-41(26-32(3)4)43(50)46(6)23-24-46/h7-20,31-32,37-38,40-41H,21-30H2,1-6H3,(H,47,51)(H,48,52)/t37-,38-,40+,41+/m1/s1. The fourth-order valence-corrected chi connectivity index (χ4v) is 7.38. The Labute approximate surface area is 323 Å². The third kappa shape index (κ3) is 13.7. The van der Waals surface area contributed by atoms with Gasteiger partial charge in [-0.1, -0.05) is 137 Å². The Balaban J connectivity index is 1.53. The van der Waals surface area contributed by atoms with E-state index in [1.54, 1.807) is 0 Å². The van der Waals surface area contributed by atoms with Crippen LogP contribution >= 0.6 is 12.2 Å². The fourth-order valence-electron chi connectivity index (χ4n) is 7.01. The van der Waals surface area contributed by atoms with Gasteiger partial charge in [0.1, 0.15) is 0 Å². The van der Waals surface area contributed by atoms with E-state index in [1.807, 2.05) is 83.1 Å². The Morgan fingerprint density at radius 3 is 1.77 bits per heavy atom. The van der Waals surface area contributed by atoms with Gasteiger partial charge in [0, 0.05) is 30.1 Å². The van der Waals surface area contributed by atoms with Crippen LogP contribution in [-0.4, -0.2) is 40.3 Å². The number of hydrogen-bond donors (Lipinski definition) is 2. The van der Waals surface area contributed by atoms with E-state index >= 15 is 0 Å². The van der Waals surface area contributed by atoms with Crippen molar-refractivity contribution in [3.05, 3.63) is 107 Å². The Hall–Kier alpha value is -3.97. The predicted octanol–water partition coefficient (Wildman–Crippen LogP) is 8.80. The van der Waals surface area contributed by atoms with Crippen LogP contribution in [0, 0.1) is 36.0 Å². The summed E-state index contributed by atoms with van der Waals surface area (Å²) < 4.78 is 0. The van der Waals surface area contributed by atoms with Gasteiger partial charge in [0.2, 0.25) is 11.8 Å². The molecule has 0 bridgehead atoms. The molecule has 6 nitrogen and oxygen atoms in total. The minimum atomic E-state index is -0.753. The van der Waals surface area contributed by atoms with Crippen molar-refractivity contribution in [3.8, 4) is 0 Å². The molecule has 4 rings (SSSR count). The van der Waals surface area contributed by atoms with Gasteiger partial charge < -0.3 is 10.6 Å². The molecule has 4 atom stereocenters. The first kappa shape index (κ1) is 41.8. The highest BCUT2D eigenvalue weighted by Gasteiger charge is 2.48. The lowest BCUT2D eigenvalue weighted by molar-refractivity contribution is -0.135. The molecular formula is C46H60N2O4S. The van der Waals surface area contributed by atoms with Crippen molar-refractivity contribution in [2.45, 2.75) is 118 Å². The fraction of sp³-hybridized carbons (Fsp3) is 0.500. The summed E-state index contributed by atoms with van der Waals surface area (Å²) in [5.74, 6) is -1.33. The molecule has 0 aromatic heterocycles. The molecule has 0 saturated heterocycles. The number of ketones is 2. The number of carbonyl (C=O) groups is 4. The van der Waals surface area contributed by atoms with Gasteiger partial charge in [-0.25, -0.2) is 0 Å². The molecule has 3 aromatic rings. The van der Waals surface area contributed by atoms with E-state index in [0.717, 1.165) is 34.4 Å². The van der Waals surface area contributed by atoms with Crippen LogP contribution < -0.4 is 10.6 Å². The predicted molar refractivity (Wildman–Crippen MR) is 219 cm³/mol. The lowest BCUT2D eigenvalue weighted by atomic mass is 9.87. The molecule has 284 valence electrons. The maximum absolute atomic E-state index is 14.3. The van der Waals surface area contributed by atoms with Crippen molar-refractivity contribution < 1.29 is 19.2 Å². The van der Waals surface area contributed by atoms with Crippen molar-refractivity contribution in [3.63, 3.8) is 0 Å². The summed E-state index contributed by atoms with van der Waals surface area (Å²) in [6.07, 6.45) is 5.34. The highest BCUT2D eigenvalue weighted by atomic mass is 32.1. The number of thiocarbonyl (C=S) groups is 1. The van der Waals surface area contributed by atoms with Crippen LogP contribution in [0.3, 0.4) is 0 Å². The molecule has 0 radical (unpaired) electrons. The van der Waals surface area contributed by atoms with Gasteiger partial charge in [-0.2, -0.15) is 0 Å². The van der Waals surface area contributed by atoms with Gasteiger partial charge >= 0.3 is 0 Å². The second-order valence-electron chi connectivity index (χ2n) is 16.5. The van der Waals surface area contributed by atoms with Crippen LogP contribution in [-0.2, 0) is 38.4 Å². The highest BCUT2D eigenvalue weighted by molar-refractivity contribution is 7.80. The molecule has 2 amide bonds. The first-order valence-corrected chi connectivity index (χ1v) is 20.0. The van der Waals surface area contributed by atoms with E-state index in [9.17, 15) is 19.2 Å². The molecule has 0 heterocycles. The first-order chi connectivity index (χ1) is 25.2. The lowest BCUT2D eigenvalue weighted by Gasteiger charge is -2.27. The smallest absolute Gasteiger partial charge is 0.224 e. The van der Waals surface area contributed by atoms with E-state index in [4.69, 9.17) is 12.2 Å². The van der Waals surface area contributed by atoms with Crippen molar-refractivity contribution in [1.82, 2.24) is 10.6 Å². The zero-order chi connectivity index (χ0) is 38.5. The van der Waals surface area contributed by atoms with E-state index in [0.29, 0.717) is 44.9 Å². The molecule has 1 saturated carbocycles. The summed E-state index contributed by atoms with van der Waals surface area (Å²) in [5.41, 5.74) is 3.99. The zero-order valence-electron chi connectivity index (χ0n) is 32.7. The van der Waals surface area contributed by atoms with Crippen molar-refractivity contribution in [2.24, 2.45) is 29.1 Å². The largest absolute Gasteiger partial charge is 0.346 e. The number of carbonyl (C=O) groups excluding carboxylic acids is 4. The second-order valence-corrected chi connectivity index (χ2v) is 17.1. The molecule has 1 fully saturated rings. The first-order valence-electron chi connectivity index (χ1n) is 19.5. The minimum Gasteiger partial charge on any atom is -0.346 e. The van der Waals surface area contributed by atoms with Crippen LogP contribution in [0.15, 0.2) is 84.9 Å². The summed E-state index contributed by atoms with van der Waals surface area (Å²) in [5, 5.41) is 6.24. The average Bonchev–Trinajstić information content (AvgIpc) is 3.88. The monoisotopic (exact) mass is 736 g/mol. The van der Waals surface area contributed by atoms with E-state index in [1.165, 1.54) is 5.56 Å². The summed E-state index contributed by atoms with van der Waals surface area (Å²) in [6, 6.07) is 26.7. The number of Topliss-reactive ketones (excluding diaryl/α,β-unsaturated/α-hetero) is 2. The van der Waals surface area contributed by atoms with Gasteiger partial charge in [0.15, 0.2) is 11.6 Å². The molecular weight excluding hydrogens is 677 g/mol. The van der Waals surface area contributed by atoms with E-state index in [-0.39, 0.29) is 47.1 Å². The zero-order valence-corrected chi connectivity index (χ0v) is 33.5. The van der Waals surface area contributed by atoms with Gasteiger partial charge in [0.25, 0.3) is 0 Å². The Bertz CT molecular complexity index is 1660. The van der Waals surface area contributed by atoms with E-state index in [2.05, 4.69) is 54.0 Å². The number of rotatable bonds is 22. The van der Waals surface area contributed by atoms with Crippen LogP contribution in [0.2, 0.25) is 0 Å². The second kappa shape index (κ2) is 19.9. The molecule has 53 heavy (non-hydrogen) atoms. The summed E-state index contributed by atoms with van der Waals surface area (Å²) >= 11 is 5.87. The van der Waals surface area contributed by atoms with Gasteiger partial charge in [-0.05, 0) is 91.7 Å². The minimum absolute atomic E-state index is 0.0429. The van der Waals surface area contributed by atoms with Gasteiger partial charge in [-0.15, -0.1) is 0 Å². The van der Waals surface area contributed by atoms with Crippen LogP contribution in [0.25, 0.3) is 0 Å². The average molecular weight is 737 g/mol. The van der Waals surface area contributed by atoms with Crippen LogP contribution in [0.1, 0.15) is 102 Å². The molecule has 7 heteroatoms. The SMILES string of the molecule is Cc1ccc(CC(=S)C[C@@H](CCc2ccccc2)C(=O)N[C@@H](CC(C)C)C(=O)C[C@@H](Cc2ccccc2)C(=O)N[C@@H](CC(C)C)C(=O)C2(C)CC2)cc1. The molecule has 0 spiro atoms. The number of benzene rings is 3. The molecule has 1 aliphatic rings. The van der Waals surface area contributed by atoms with Crippen molar-refractivity contribution in [2.75, 3.05) is 0 Å². The third-order valence-electron chi connectivity index (χ3n) is 10.5.